The molecule has 2 N–H and O–H groups in total. The Morgan fingerprint density at radius 1 is 1.18 bits per heavy atom. The van der Waals surface area contributed by atoms with Crippen LogP contribution in [0.15, 0.2) is 39.9 Å². The van der Waals surface area contributed by atoms with Crippen LogP contribution in [-0.4, -0.2) is 23.8 Å². The number of carboxylic acid groups (broad SMARTS) is 1. The van der Waals surface area contributed by atoms with Gasteiger partial charge in [-0.05, 0) is 48.1 Å². The minimum Gasteiger partial charge on any atom is -0.481 e. The van der Waals surface area contributed by atoms with Crippen LogP contribution >= 0.6 is 0 Å². The molecule has 1 aliphatic carbocycles. The van der Waals surface area contributed by atoms with E-state index < -0.39 is 17.7 Å². The molecule has 1 aromatic carbocycles. The molecule has 0 bridgehead atoms. The molecule has 0 atom stereocenters. The number of nitrogens with zero attached hydrogens (tertiary/aromatic N) is 1. The summed E-state index contributed by atoms with van der Waals surface area (Å²) in [5, 5.41) is 15.4. The van der Waals surface area contributed by atoms with Crippen molar-refractivity contribution < 1.29 is 32.3 Å². The maximum atomic E-state index is 13.6. The molecule has 1 saturated carbocycles. The normalized spacial score (nSPS) is 15.2. The summed E-state index contributed by atoms with van der Waals surface area (Å²) in [5.74, 6) is 0.415. The van der Waals surface area contributed by atoms with Gasteiger partial charge in [0.25, 0.3) is 0 Å². The van der Waals surface area contributed by atoms with E-state index in [-0.39, 0.29) is 18.9 Å². The van der Waals surface area contributed by atoms with Crippen molar-refractivity contribution in [3.63, 3.8) is 0 Å². The van der Waals surface area contributed by atoms with Crippen LogP contribution in [0.5, 0.6) is 0 Å². The minimum absolute atomic E-state index is 0.0331. The molecule has 33 heavy (non-hydrogen) atoms. The zero-order chi connectivity index (χ0) is 23.7. The van der Waals surface area contributed by atoms with Crippen LogP contribution < -0.4 is 5.32 Å². The molecule has 1 fully saturated rings. The topological polar surface area (TPSA) is 84.1 Å². The van der Waals surface area contributed by atoms with E-state index >= 15 is 0 Å². The van der Waals surface area contributed by atoms with Crippen molar-refractivity contribution in [2.24, 2.45) is 5.16 Å². The predicted molar refractivity (Wildman–Crippen MR) is 117 cm³/mol. The lowest BCUT2D eigenvalue weighted by Crippen LogP contribution is -2.17. The smallest absolute Gasteiger partial charge is 0.416 e. The standard InChI is InChI=1S/C24H29F3N2O4/c25-24(26,27)22-14-17(6-9-21(22)18-4-2-1-3-5-18)16-32-29-13-10-19-7-8-20(33-19)15-28-12-11-23(30)31/h6-9,13-14,18,28H,1-5,10-12,15-16H2,(H,30,31). The molecule has 3 rings (SSSR count). The molecular formula is C24H29F3N2O4. The van der Waals surface area contributed by atoms with Crippen LogP contribution in [0.4, 0.5) is 13.2 Å². The van der Waals surface area contributed by atoms with Gasteiger partial charge >= 0.3 is 12.1 Å². The Kier molecular flexibility index (Phi) is 8.94. The number of benzene rings is 1. The molecule has 1 aliphatic rings. The lowest BCUT2D eigenvalue weighted by Gasteiger charge is -2.25. The second kappa shape index (κ2) is 11.9. The number of nitrogens with one attached hydrogen (secondary N) is 1. The number of alkyl halides is 3. The number of aliphatic carboxylic acids is 1. The highest BCUT2D eigenvalue weighted by Gasteiger charge is 2.35. The van der Waals surface area contributed by atoms with Crippen molar-refractivity contribution in [2.45, 2.75) is 70.2 Å². The van der Waals surface area contributed by atoms with Crippen LogP contribution in [0.2, 0.25) is 0 Å². The predicted octanol–water partition coefficient (Wildman–Crippen LogP) is 5.66. The third-order valence-electron chi connectivity index (χ3n) is 5.67. The number of hydrogen-bond donors (Lipinski definition) is 2. The Morgan fingerprint density at radius 2 is 1.94 bits per heavy atom. The van der Waals surface area contributed by atoms with Crippen LogP contribution in [0.3, 0.4) is 0 Å². The molecule has 6 nitrogen and oxygen atoms in total. The summed E-state index contributed by atoms with van der Waals surface area (Å²) in [4.78, 5) is 15.7. The first-order valence-corrected chi connectivity index (χ1v) is 11.2. The number of halogens is 3. The van der Waals surface area contributed by atoms with E-state index in [1.807, 2.05) is 0 Å². The van der Waals surface area contributed by atoms with Crippen LogP contribution in [-0.2, 0) is 35.4 Å². The van der Waals surface area contributed by atoms with E-state index in [0.29, 0.717) is 42.2 Å². The fourth-order valence-electron chi connectivity index (χ4n) is 4.03. The average Bonchev–Trinajstić information content (AvgIpc) is 3.24. The Hall–Kier alpha value is -2.81. The zero-order valence-electron chi connectivity index (χ0n) is 18.4. The number of oxime groups is 1. The van der Waals surface area contributed by atoms with Gasteiger partial charge in [0, 0.05) is 13.0 Å². The van der Waals surface area contributed by atoms with Gasteiger partial charge in [0.1, 0.15) is 18.1 Å². The number of furan rings is 1. The van der Waals surface area contributed by atoms with Crippen LogP contribution in [0.1, 0.15) is 72.7 Å². The van der Waals surface area contributed by atoms with E-state index in [4.69, 9.17) is 14.4 Å². The lowest BCUT2D eigenvalue weighted by atomic mass is 9.81. The van der Waals surface area contributed by atoms with E-state index in [0.717, 1.165) is 32.1 Å². The molecule has 180 valence electrons. The second-order valence-electron chi connectivity index (χ2n) is 8.21. The number of carbonyl (C=O) groups is 1. The summed E-state index contributed by atoms with van der Waals surface area (Å²) in [7, 11) is 0. The van der Waals surface area contributed by atoms with Gasteiger partial charge in [0.15, 0.2) is 0 Å². The summed E-state index contributed by atoms with van der Waals surface area (Å²) in [6.45, 7) is 0.707. The minimum atomic E-state index is -4.40. The number of hydrogen-bond acceptors (Lipinski definition) is 5. The molecule has 0 amide bonds. The maximum absolute atomic E-state index is 13.6. The summed E-state index contributed by atoms with van der Waals surface area (Å²) >= 11 is 0. The summed E-state index contributed by atoms with van der Waals surface area (Å²) in [5.41, 5.74) is 0.242. The monoisotopic (exact) mass is 466 g/mol. The quantitative estimate of drug-likeness (QED) is 0.254. The molecule has 0 unspecified atom stereocenters. The number of carboxylic acids is 1. The van der Waals surface area contributed by atoms with Gasteiger partial charge in [-0.25, -0.2) is 0 Å². The third kappa shape index (κ3) is 7.92. The molecule has 0 aliphatic heterocycles. The van der Waals surface area contributed by atoms with Crippen molar-refractivity contribution in [3.8, 4) is 0 Å². The van der Waals surface area contributed by atoms with Gasteiger partial charge in [0.05, 0.1) is 24.7 Å². The van der Waals surface area contributed by atoms with E-state index in [1.54, 1.807) is 24.3 Å². The molecule has 0 saturated heterocycles. The van der Waals surface area contributed by atoms with E-state index in [1.165, 1.54) is 12.3 Å². The maximum Gasteiger partial charge on any atom is 0.416 e. The third-order valence-corrected chi connectivity index (χ3v) is 5.67. The summed E-state index contributed by atoms with van der Waals surface area (Å²) in [6, 6.07) is 8.01. The van der Waals surface area contributed by atoms with Gasteiger partial charge in [-0.15, -0.1) is 0 Å². The van der Waals surface area contributed by atoms with Crippen molar-refractivity contribution >= 4 is 12.2 Å². The van der Waals surface area contributed by atoms with Crippen molar-refractivity contribution in [3.05, 3.63) is 58.5 Å². The van der Waals surface area contributed by atoms with Crippen molar-refractivity contribution in [1.29, 1.82) is 0 Å². The van der Waals surface area contributed by atoms with Crippen LogP contribution in [0, 0.1) is 0 Å². The molecule has 9 heteroatoms. The highest BCUT2D eigenvalue weighted by Crippen LogP contribution is 2.41. The first-order chi connectivity index (χ1) is 15.8. The van der Waals surface area contributed by atoms with Gasteiger partial charge in [0.2, 0.25) is 0 Å². The highest BCUT2D eigenvalue weighted by atomic mass is 19.4. The molecule has 2 aromatic rings. The largest absolute Gasteiger partial charge is 0.481 e. The summed E-state index contributed by atoms with van der Waals surface area (Å²) in [6.07, 6.45) is 2.12. The molecular weight excluding hydrogens is 437 g/mol. The number of rotatable bonds is 11. The molecule has 1 aromatic heterocycles. The Balaban J connectivity index is 1.48. The van der Waals surface area contributed by atoms with E-state index in [2.05, 4.69) is 10.5 Å². The van der Waals surface area contributed by atoms with Gasteiger partial charge in [-0.3, -0.25) is 4.79 Å². The van der Waals surface area contributed by atoms with Crippen molar-refractivity contribution in [2.75, 3.05) is 6.54 Å². The second-order valence-corrected chi connectivity index (χ2v) is 8.21. The lowest BCUT2D eigenvalue weighted by molar-refractivity contribution is -0.139. The van der Waals surface area contributed by atoms with Gasteiger partial charge < -0.3 is 19.7 Å². The summed E-state index contributed by atoms with van der Waals surface area (Å²) < 4.78 is 46.5. The van der Waals surface area contributed by atoms with Crippen LogP contribution in [0.25, 0.3) is 0 Å². The molecule has 1 heterocycles. The average molecular weight is 467 g/mol. The SMILES string of the molecule is O=C(O)CCNCc1ccc(CC=NOCc2ccc(C3CCCCC3)c(C(F)(F)F)c2)o1. The Morgan fingerprint density at radius 3 is 2.67 bits per heavy atom. The van der Waals surface area contributed by atoms with Crippen molar-refractivity contribution in [1.82, 2.24) is 5.32 Å². The fourth-order valence-corrected chi connectivity index (χ4v) is 4.03. The first-order valence-electron chi connectivity index (χ1n) is 11.2. The fraction of sp³-hybridized carbons (Fsp3) is 0.500. The molecule has 0 spiro atoms. The Bertz CT molecular complexity index is 934. The zero-order valence-corrected chi connectivity index (χ0v) is 18.4. The van der Waals surface area contributed by atoms with E-state index in [9.17, 15) is 18.0 Å². The first kappa shape index (κ1) is 24.8. The Labute approximate surface area is 190 Å². The van der Waals surface area contributed by atoms with Gasteiger partial charge in [-0.2, -0.15) is 13.2 Å². The van der Waals surface area contributed by atoms with Gasteiger partial charge in [-0.1, -0.05) is 36.6 Å². The highest BCUT2D eigenvalue weighted by molar-refractivity contribution is 5.66. The molecule has 0 radical (unpaired) electrons.